The average Bonchev–Trinajstić information content (AvgIpc) is 2.94. The van der Waals surface area contributed by atoms with Crippen LogP contribution < -0.4 is 0 Å². The molecular weight excluding hydrogens is 323 g/mol. The molecule has 0 aliphatic carbocycles. The van der Waals surface area contributed by atoms with Crippen LogP contribution in [0, 0.1) is 0 Å². The van der Waals surface area contributed by atoms with Crippen molar-refractivity contribution < 1.29 is 27.5 Å². The summed E-state index contributed by atoms with van der Waals surface area (Å²) >= 11 is 0. The highest BCUT2D eigenvalue weighted by atomic mass is 19.4. The minimum atomic E-state index is -4.41. The molecule has 0 saturated heterocycles. The van der Waals surface area contributed by atoms with Crippen LogP contribution in [0.1, 0.15) is 24.7 Å². The number of aliphatic carboxylic acids is 1. The van der Waals surface area contributed by atoms with Gasteiger partial charge in [-0.3, -0.25) is 9.69 Å². The van der Waals surface area contributed by atoms with Crippen molar-refractivity contribution in [3.8, 4) is 11.3 Å². The Labute approximate surface area is 137 Å². The third-order valence-corrected chi connectivity index (χ3v) is 3.41. The van der Waals surface area contributed by atoms with Crippen LogP contribution >= 0.6 is 0 Å². The van der Waals surface area contributed by atoms with Crippen molar-refractivity contribution in [1.82, 2.24) is 4.90 Å². The fourth-order valence-electron chi connectivity index (χ4n) is 2.41. The van der Waals surface area contributed by atoms with Gasteiger partial charge in [-0.2, -0.15) is 13.2 Å². The second-order valence-electron chi connectivity index (χ2n) is 5.45. The predicted octanol–water partition coefficient (Wildman–Crippen LogP) is 4.26. The van der Waals surface area contributed by atoms with Crippen molar-refractivity contribution in [2.45, 2.75) is 26.1 Å². The van der Waals surface area contributed by atoms with Crippen LogP contribution in [-0.4, -0.2) is 29.1 Å². The van der Waals surface area contributed by atoms with Gasteiger partial charge in [-0.1, -0.05) is 19.1 Å². The molecule has 2 aromatic rings. The first-order valence-corrected chi connectivity index (χ1v) is 7.50. The van der Waals surface area contributed by atoms with Gasteiger partial charge in [0.15, 0.2) is 0 Å². The van der Waals surface area contributed by atoms with Gasteiger partial charge in [0, 0.05) is 5.56 Å². The van der Waals surface area contributed by atoms with Crippen molar-refractivity contribution >= 4 is 5.97 Å². The monoisotopic (exact) mass is 341 g/mol. The number of carbonyl (C=O) groups is 1. The molecule has 4 nitrogen and oxygen atoms in total. The van der Waals surface area contributed by atoms with E-state index in [-0.39, 0.29) is 6.54 Å². The number of nitrogens with zero attached hydrogens (tertiary/aromatic N) is 1. The molecule has 130 valence electrons. The summed E-state index contributed by atoms with van der Waals surface area (Å²) in [6.07, 6.45) is -3.63. The average molecular weight is 341 g/mol. The second kappa shape index (κ2) is 7.53. The number of alkyl halides is 3. The number of furan rings is 1. The Bertz CT molecular complexity index is 694. The normalized spacial score (nSPS) is 11.9. The highest BCUT2D eigenvalue weighted by Gasteiger charge is 2.30. The standard InChI is InChI=1S/C17H18F3NO3/c1-2-8-21(11-16(22)23)10-14-6-7-15(24-14)12-4-3-5-13(9-12)17(18,19)20/h3-7,9H,2,8,10-11H2,1H3,(H,22,23). The molecule has 1 aromatic carbocycles. The molecule has 0 atom stereocenters. The van der Waals surface area contributed by atoms with Gasteiger partial charge in [0.25, 0.3) is 0 Å². The van der Waals surface area contributed by atoms with Crippen LogP contribution in [0.25, 0.3) is 11.3 Å². The van der Waals surface area contributed by atoms with Gasteiger partial charge in [0.05, 0.1) is 18.7 Å². The van der Waals surface area contributed by atoms with E-state index in [1.54, 1.807) is 23.1 Å². The van der Waals surface area contributed by atoms with E-state index < -0.39 is 17.7 Å². The van der Waals surface area contributed by atoms with Crippen LogP contribution in [0.3, 0.4) is 0 Å². The lowest BCUT2D eigenvalue weighted by atomic mass is 10.1. The zero-order valence-corrected chi connectivity index (χ0v) is 13.1. The second-order valence-corrected chi connectivity index (χ2v) is 5.45. The molecule has 0 fully saturated rings. The van der Waals surface area contributed by atoms with Gasteiger partial charge in [-0.25, -0.2) is 0 Å². The highest BCUT2D eigenvalue weighted by Crippen LogP contribution is 2.32. The van der Waals surface area contributed by atoms with Crippen molar-refractivity contribution in [2.75, 3.05) is 13.1 Å². The van der Waals surface area contributed by atoms with E-state index in [1.165, 1.54) is 6.07 Å². The third-order valence-electron chi connectivity index (χ3n) is 3.41. The smallest absolute Gasteiger partial charge is 0.416 e. The Kier molecular flexibility index (Phi) is 5.66. The fourth-order valence-corrected chi connectivity index (χ4v) is 2.41. The maximum absolute atomic E-state index is 12.8. The molecule has 0 bridgehead atoms. The quantitative estimate of drug-likeness (QED) is 0.817. The molecule has 1 N–H and O–H groups in total. The first-order valence-electron chi connectivity index (χ1n) is 7.50. The zero-order chi connectivity index (χ0) is 17.7. The third kappa shape index (κ3) is 4.86. The summed E-state index contributed by atoms with van der Waals surface area (Å²) < 4.78 is 43.9. The Morgan fingerprint density at radius 1 is 1.25 bits per heavy atom. The molecule has 1 aromatic heterocycles. The minimum Gasteiger partial charge on any atom is -0.480 e. The molecule has 0 radical (unpaired) electrons. The molecule has 24 heavy (non-hydrogen) atoms. The summed E-state index contributed by atoms with van der Waals surface area (Å²) in [5.74, 6) is -0.104. The zero-order valence-electron chi connectivity index (χ0n) is 13.1. The van der Waals surface area contributed by atoms with Crippen molar-refractivity contribution in [1.29, 1.82) is 0 Å². The minimum absolute atomic E-state index is 0.118. The maximum Gasteiger partial charge on any atom is 0.416 e. The lowest BCUT2D eigenvalue weighted by Crippen LogP contribution is -2.29. The Morgan fingerprint density at radius 2 is 2.00 bits per heavy atom. The van der Waals surface area contributed by atoms with E-state index in [0.717, 1.165) is 18.6 Å². The van der Waals surface area contributed by atoms with E-state index in [0.29, 0.717) is 30.2 Å². The van der Waals surface area contributed by atoms with Gasteiger partial charge in [-0.15, -0.1) is 0 Å². The van der Waals surface area contributed by atoms with E-state index in [1.807, 2.05) is 6.92 Å². The summed E-state index contributed by atoms with van der Waals surface area (Å²) in [6.45, 7) is 2.70. The number of carboxylic acids is 1. The van der Waals surface area contributed by atoms with Gasteiger partial charge in [0.2, 0.25) is 0 Å². The summed E-state index contributed by atoms with van der Waals surface area (Å²) in [6, 6.07) is 8.15. The van der Waals surface area contributed by atoms with Crippen LogP contribution in [0.5, 0.6) is 0 Å². The van der Waals surface area contributed by atoms with E-state index in [4.69, 9.17) is 9.52 Å². The van der Waals surface area contributed by atoms with Gasteiger partial charge in [0.1, 0.15) is 11.5 Å². The van der Waals surface area contributed by atoms with Crippen molar-refractivity contribution in [3.05, 3.63) is 47.7 Å². The van der Waals surface area contributed by atoms with Crippen LogP contribution in [0.2, 0.25) is 0 Å². The van der Waals surface area contributed by atoms with Gasteiger partial charge < -0.3 is 9.52 Å². The predicted molar refractivity (Wildman–Crippen MR) is 82.3 cm³/mol. The highest BCUT2D eigenvalue weighted by molar-refractivity contribution is 5.69. The first kappa shape index (κ1) is 18.1. The topological polar surface area (TPSA) is 53.7 Å². The molecule has 0 aliphatic rings. The lowest BCUT2D eigenvalue weighted by Gasteiger charge is -2.17. The summed E-state index contributed by atoms with van der Waals surface area (Å²) in [5.41, 5.74) is -0.409. The first-order chi connectivity index (χ1) is 11.3. The Morgan fingerprint density at radius 3 is 2.62 bits per heavy atom. The number of hydrogen-bond donors (Lipinski definition) is 1. The lowest BCUT2D eigenvalue weighted by molar-refractivity contribution is -0.139. The summed E-state index contributed by atoms with van der Waals surface area (Å²) in [7, 11) is 0. The number of rotatable bonds is 7. The number of hydrogen-bond acceptors (Lipinski definition) is 3. The van der Waals surface area contributed by atoms with Crippen molar-refractivity contribution in [3.63, 3.8) is 0 Å². The fraction of sp³-hybridized carbons (Fsp3) is 0.353. The molecule has 0 amide bonds. The molecule has 0 saturated carbocycles. The molecule has 0 spiro atoms. The Balaban J connectivity index is 2.17. The van der Waals surface area contributed by atoms with Crippen LogP contribution in [-0.2, 0) is 17.5 Å². The maximum atomic E-state index is 12.8. The SMILES string of the molecule is CCCN(CC(=O)O)Cc1ccc(-c2cccc(C(F)(F)F)c2)o1. The molecule has 7 heteroatoms. The van der Waals surface area contributed by atoms with Crippen molar-refractivity contribution in [2.24, 2.45) is 0 Å². The largest absolute Gasteiger partial charge is 0.480 e. The molecular formula is C17H18F3NO3. The van der Waals surface area contributed by atoms with E-state index in [9.17, 15) is 18.0 Å². The summed E-state index contributed by atoms with van der Waals surface area (Å²) in [5, 5.41) is 8.90. The summed E-state index contributed by atoms with van der Waals surface area (Å²) in [4.78, 5) is 12.6. The Hall–Kier alpha value is -2.28. The van der Waals surface area contributed by atoms with E-state index in [2.05, 4.69) is 0 Å². The van der Waals surface area contributed by atoms with E-state index >= 15 is 0 Å². The van der Waals surface area contributed by atoms with Crippen LogP contribution in [0.4, 0.5) is 13.2 Å². The van der Waals surface area contributed by atoms with Gasteiger partial charge >= 0.3 is 12.1 Å². The number of halogens is 3. The molecule has 0 unspecified atom stereocenters. The van der Waals surface area contributed by atoms with Gasteiger partial charge in [-0.05, 0) is 37.2 Å². The molecule has 2 rings (SSSR count). The number of carboxylic acid groups (broad SMARTS) is 1. The molecule has 1 heterocycles. The molecule has 0 aliphatic heterocycles. The van der Waals surface area contributed by atoms with Crippen LogP contribution in [0.15, 0.2) is 40.8 Å². The number of benzene rings is 1.